The maximum atomic E-state index is 12.5. The van der Waals surface area contributed by atoms with Crippen LogP contribution in [0.1, 0.15) is 46.1 Å². The van der Waals surface area contributed by atoms with E-state index >= 15 is 0 Å². The molecule has 0 fully saturated rings. The summed E-state index contributed by atoms with van der Waals surface area (Å²) in [4.78, 5) is 48.1. The minimum atomic E-state index is -1.34. The van der Waals surface area contributed by atoms with Crippen molar-refractivity contribution in [2.24, 2.45) is 0 Å². The lowest BCUT2D eigenvalue weighted by Crippen LogP contribution is -2.48. The molecule has 0 aromatic heterocycles. The van der Waals surface area contributed by atoms with Gasteiger partial charge in [-0.2, -0.15) is 0 Å². The van der Waals surface area contributed by atoms with Crippen LogP contribution in [0.3, 0.4) is 0 Å². The van der Waals surface area contributed by atoms with Gasteiger partial charge < -0.3 is 26.4 Å². The molecule has 0 aliphatic heterocycles. The highest BCUT2D eigenvalue weighted by atomic mass is 16.4. The number of hydrogen-bond acceptors (Lipinski definition) is 4. The summed E-state index contributed by atoms with van der Waals surface area (Å²) in [6.45, 7) is 7.25. The van der Waals surface area contributed by atoms with E-state index < -0.39 is 29.6 Å². The van der Waals surface area contributed by atoms with Crippen LogP contribution in [-0.4, -0.2) is 46.5 Å². The molecule has 0 spiro atoms. The number of nitrogens with one attached hydrogen (secondary N) is 4. The number of hydrogen-bond donors (Lipinski definition) is 5. The second-order valence-corrected chi connectivity index (χ2v) is 9.00. The van der Waals surface area contributed by atoms with Crippen LogP contribution in [0, 0.1) is 0 Å². The van der Waals surface area contributed by atoms with Gasteiger partial charge in [-0.15, -0.1) is 0 Å². The van der Waals surface area contributed by atoms with Crippen LogP contribution in [0.25, 0.3) is 10.8 Å². The molecular formula is C24H32N4O5. The lowest BCUT2D eigenvalue weighted by molar-refractivity contribution is -0.129. The molecule has 0 aliphatic carbocycles. The number of carboxylic acid groups (broad SMARTS) is 1. The van der Waals surface area contributed by atoms with Gasteiger partial charge in [0, 0.05) is 31.0 Å². The Morgan fingerprint density at radius 2 is 1.55 bits per heavy atom. The van der Waals surface area contributed by atoms with E-state index in [0.29, 0.717) is 6.54 Å². The van der Waals surface area contributed by atoms with E-state index in [0.717, 1.165) is 16.3 Å². The lowest BCUT2D eigenvalue weighted by Gasteiger charge is -2.23. The largest absolute Gasteiger partial charge is 0.465 e. The third kappa shape index (κ3) is 8.80. The molecule has 2 aromatic rings. The van der Waals surface area contributed by atoms with Gasteiger partial charge >= 0.3 is 6.09 Å². The molecule has 0 saturated carbocycles. The van der Waals surface area contributed by atoms with Crippen LogP contribution in [0.2, 0.25) is 0 Å². The maximum Gasteiger partial charge on any atom is 0.404 e. The predicted octanol–water partition coefficient (Wildman–Crippen LogP) is 2.29. The maximum absolute atomic E-state index is 12.5. The molecule has 5 N–H and O–H groups in total. The van der Waals surface area contributed by atoms with Crippen LogP contribution >= 0.6 is 0 Å². The number of rotatable bonds is 9. The molecule has 2 rings (SSSR count). The van der Waals surface area contributed by atoms with Crippen molar-refractivity contribution in [3.63, 3.8) is 0 Å². The van der Waals surface area contributed by atoms with Gasteiger partial charge in [0.25, 0.3) is 0 Å². The van der Waals surface area contributed by atoms with Gasteiger partial charge in [0.15, 0.2) is 0 Å². The second-order valence-electron chi connectivity index (χ2n) is 9.00. The summed E-state index contributed by atoms with van der Waals surface area (Å²) in [5.74, 6) is -1.29. The Labute approximate surface area is 193 Å². The minimum absolute atomic E-state index is 0.196. The molecule has 9 heteroatoms. The fourth-order valence-electron chi connectivity index (χ4n) is 3.41. The van der Waals surface area contributed by atoms with E-state index in [1.165, 1.54) is 0 Å². The monoisotopic (exact) mass is 456 g/mol. The van der Waals surface area contributed by atoms with Crippen LogP contribution in [0.15, 0.2) is 42.5 Å². The Bertz CT molecular complexity index is 1010. The van der Waals surface area contributed by atoms with Crippen LogP contribution in [0.4, 0.5) is 4.79 Å². The van der Waals surface area contributed by atoms with Crippen molar-refractivity contribution >= 4 is 34.6 Å². The quantitative estimate of drug-likeness (QED) is 0.394. The first-order valence-electron chi connectivity index (χ1n) is 10.8. The number of carbonyl (C=O) groups excluding carboxylic acids is 3. The zero-order valence-electron chi connectivity index (χ0n) is 19.4. The molecule has 178 valence electrons. The molecule has 4 amide bonds. The summed E-state index contributed by atoms with van der Waals surface area (Å²) >= 11 is 0. The number of amides is 4. The summed E-state index contributed by atoms with van der Waals surface area (Å²) in [6, 6.07) is 11.9. The smallest absolute Gasteiger partial charge is 0.404 e. The molecule has 33 heavy (non-hydrogen) atoms. The summed E-state index contributed by atoms with van der Waals surface area (Å²) in [6.07, 6.45) is -1.80. The van der Waals surface area contributed by atoms with E-state index in [2.05, 4.69) is 21.3 Å². The van der Waals surface area contributed by atoms with Gasteiger partial charge in [-0.05, 0) is 44.0 Å². The highest BCUT2D eigenvalue weighted by Gasteiger charge is 2.24. The van der Waals surface area contributed by atoms with Gasteiger partial charge in [-0.1, -0.05) is 42.5 Å². The lowest BCUT2D eigenvalue weighted by atomic mass is 10.0. The molecule has 0 heterocycles. The number of carbonyl (C=O) groups is 4. The zero-order valence-corrected chi connectivity index (χ0v) is 19.4. The first-order chi connectivity index (χ1) is 15.4. The first kappa shape index (κ1) is 25.6. The average molecular weight is 457 g/mol. The average Bonchev–Trinajstić information content (AvgIpc) is 2.69. The molecule has 0 radical (unpaired) electrons. The van der Waals surface area contributed by atoms with Crippen LogP contribution < -0.4 is 21.3 Å². The third-order valence-electron chi connectivity index (χ3n) is 4.81. The standard InChI is InChI=1S/C24H32N4O5/c1-15(22(31)25-14-17-10-7-9-16-8-5-6-11-19(16)17)26-20(29)12-18(27-23(32)33)13-21(30)28-24(2,3)4/h5-11,15,18,27H,12-14H2,1-4H3,(H,25,31)(H,26,29)(H,28,30)(H,32,33)/t15-,18+/m0/s1. The van der Waals surface area contributed by atoms with Crippen molar-refractivity contribution in [1.29, 1.82) is 0 Å². The van der Waals surface area contributed by atoms with Gasteiger partial charge in [0.1, 0.15) is 6.04 Å². The van der Waals surface area contributed by atoms with Crippen LogP contribution in [0.5, 0.6) is 0 Å². The van der Waals surface area contributed by atoms with E-state index in [1.54, 1.807) is 27.7 Å². The molecule has 0 saturated heterocycles. The SMILES string of the molecule is C[C@H](NC(=O)C[C@H](CC(=O)NC(C)(C)C)NC(=O)O)C(=O)NCc1cccc2ccccc12. The minimum Gasteiger partial charge on any atom is -0.465 e. The summed E-state index contributed by atoms with van der Waals surface area (Å²) in [5, 5.41) is 21.4. The van der Waals surface area contributed by atoms with Gasteiger partial charge in [-0.3, -0.25) is 14.4 Å². The zero-order chi connectivity index (χ0) is 24.6. The van der Waals surface area contributed by atoms with Gasteiger partial charge in [0.2, 0.25) is 17.7 Å². The van der Waals surface area contributed by atoms with E-state index in [9.17, 15) is 19.2 Å². The Kier molecular flexibility index (Phi) is 8.78. The van der Waals surface area contributed by atoms with Crippen molar-refractivity contribution in [3.05, 3.63) is 48.0 Å². The predicted molar refractivity (Wildman–Crippen MR) is 125 cm³/mol. The van der Waals surface area contributed by atoms with E-state index in [4.69, 9.17) is 5.11 Å². The number of benzene rings is 2. The molecule has 0 bridgehead atoms. The molecule has 9 nitrogen and oxygen atoms in total. The fourth-order valence-corrected chi connectivity index (χ4v) is 3.41. The Hall–Kier alpha value is -3.62. The van der Waals surface area contributed by atoms with Gasteiger partial charge in [0.05, 0.1) is 0 Å². The highest BCUT2D eigenvalue weighted by Crippen LogP contribution is 2.18. The topological polar surface area (TPSA) is 137 Å². The normalized spacial score (nSPS) is 13.0. The first-order valence-corrected chi connectivity index (χ1v) is 10.8. The molecular weight excluding hydrogens is 424 g/mol. The van der Waals surface area contributed by atoms with Crippen molar-refractivity contribution in [2.75, 3.05) is 0 Å². The molecule has 0 unspecified atom stereocenters. The van der Waals surface area contributed by atoms with E-state index in [-0.39, 0.29) is 24.7 Å². The van der Waals surface area contributed by atoms with E-state index in [1.807, 2.05) is 42.5 Å². The fraction of sp³-hybridized carbons (Fsp3) is 0.417. The van der Waals surface area contributed by atoms with Crippen molar-refractivity contribution in [2.45, 2.75) is 64.7 Å². The summed E-state index contributed by atoms with van der Waals surface area (Å²) < 4.78 is 0. The molecule has 2 aromatic carbocycles. The van der Waals surface area contributed by atoms with Crippen LogP contribution in [-0.2, 0) is 20.9 Å². The molecule has 2 atom stereocenters. The Balaban J connectivity index is 1.90. The second kappa shape index (κ2) is 11.3. The van der Waals surface area contributed by atoms with Gasteiger partial charge in [-0.25, -0.2) is 4.79 Å². The Morgan fingerprint density at radius 3 is 2.21 bits per heavy atom. The Morgan fingerprint density at radius 1 is 0.909 bits per heavy atom. The number of fused-ring (bicyclic) bond motifs is 1. The van der Waals surface area contributed by atoms with Crippen molar-refractivity contribution in [3.8, 4) is 0 Å². The highest BCUT2D eigenvalue weighted by molar-refractivity contribution is 5.89. The third-order valence-corrected chi connectivity index (χ3v) is 4.81. The van der Waals surface area contributed by atoms with Crippen molar-refractivity contribution in [1.82, 2.24) is 21.3 Å². The molecule has 0 aliphatic rings. The van der Waals surface area contributed by atoms with Crippen molar-refractivity contribution < 1.29 is 24.3 Å². The summed E-state index contributed by atoms with van der Waals surface area (Å²) in [7, 11) is 0. The summed E-state index contributed by atoms with van der Waals surface area (Å²) in [5.41, 5.74) is 0.472.